The molecule has 1 fully saturated rings. The molecule has 5 nitrogen and oxygen atoms in total. The highest BCUT2D eigenvalue weighted by molar-refractivity contribution is 7.92. The lowest BCUT2D eigenvalue weighted by Gasteiger charge is -2.27. The van der Waals surface area contributed by atoms with E-state index >= 15 is 0 Å². The molecule has 0 radical (unpaired) electrons. The molecular formula is C20H24N2O3S. The molecule has 2 aromatic carbocycles. The Kier molecular flexibility index (Phi) is 5.61. The van der Waals surface area contributed by atoms with Crippen LogP contribution in [-0.2, 0) is 10.0 Å². The van der Waals surface area contributed by atoms with E-state index in [1.807, 2.05) is 0 Å². The number of amides is 1. The number of nitrogens with one attached hydrogen (secondary N) is 2. The highest BCUT2D eigenvalue weighted by Gasteiger charge is 2.21. The zero-order chi connectivity index (χ0) is 18.6. The van der Waals surface area contributed by atoms with Crippen LogP contribution in [0.4, 0.5) is 5.69 Å². The van der Waals surface area contributed by atoms with Crippen LogP contribution in [0.1, 0.15) is 43.0 Å². The molecule has 2 N–H and O–H groups in total. The summed E-state index contributed by atoms with van der Waals surface area (Å²) in [7, 11) is -3.67. The number of hydrogen-bond acceptors (Lipinski definition) is 3. The number of hydrogen-bond donors (Lipinski definition) is 2. The number of rotatable bonds is 5. The van der Waals surface area contributed by atoms with Crippen LogP contribution in [0, 0.1) is 5.92 Å². The normalized spacial score (nSPS) is 20.3. The second-order valence-electron chi connectivity index (χ2n) is 6.94. The first-order chi connectivity index (χ1) is 12.4. The number of sulfonamides is 1. The molecule has 26 heavy (non-hydrogen) atoms. The lowest BCUT2D eigenvalue weighted by atomic mass is 9.87. The topological polar surface area (TPSA) is 75.3 Å². The van der Waals surface area contributed by atoms with E-state index in [0.29, 0.717) is 17.2 Å². The zero-order valence-corrected chi connectivity index (χ0v) is 15.6. The van der Waals surface area contributed by atoms with Gasteiger partial charge in [-0.05, 0) is 49.1 Å². The minimum Gasteiger partial charge on any atom is -0.349 e. The van der Waals surface area contributed by atoms with Crippen LogP contribution in [0.3, 0.4) is 0 Å². The highest BCUT2D eigenvalue weighted by atomic mass is 32.2. The van der Waals surface area contributed by atoms with Crippen molar-refractivity contribution in [1.29, 1.82) is 0 Å². The van der Waals surface area contributed by atoms with Crippen molar-refractivity contribution < 1.29 is 13.2 Å². The predicted octanol–water partition coefficient (Wildman–Crippen LogP) is 3.80. The van der Waals surface area contributed by atoms with Gasteiger partial charge in [0.25, 0.3) is 15.9 Å². The summed E-state index contributed by atoms with van der Waals surface area (Å²) in [6.07, 6.45) is 4.33. The first-order valence-corrected chi connectivity index (χ1v) is 10.4. The third kappa shape index (κ3) is 4.64. The van der Waals surface area contributed by atoms with Crippen LogP contribution in [0.5, 0.6) is 0 Å². The molecule has 1 aliphatic rings. The molecule has 1 amide bonds. The van der Waals surface area contributed by atoms with Crippen molar-refractivity contribution in [2.24, 2.45) is 5.92 Å². The van der Waals surface area contributed by atoms with Gasteiger partial charge in [0, 0.05) is 17.3 Å². The molecule has 0 aromatic heterocycles. The van der Waals surface area contributed by atoms with Crippen LogP contribution in [0.15, 0.2) is 59.5 Å². The smallest absolute Gasteiger partial charge is 0.261 e. The zero-order valence-electron chi connectivity index (χ0n) is 14.8. The summed E-state index contributed by atoms with van der Waals surface area (Å²) in [6, 6.07) is 14.9. The van der Waals surface area contributed by atoms with Crippen LogP contribution in [-0.4, -0.2) is 20.4 Å². The Morgan fingerprint density at radius 3 is 2.54 bits per heavy atom. The SMILES string of the molecule is CC1CCCC(NC(=O)c2cccc(NS(=O)(=O)c3ccccc3)c2)C1. The number of carbonyl (C=O) groups is 1. The van der Waals surface area contributed by atoms with Crippen LogP contribution >= 0.6 is 0 Å². The van der Waals surface area contributed by atoms with Crippen molar-refractivity contribution in [3.8, 4) is 0 Å². The quantitative estimate of drug-likeness (QED) is 0.838. The molecule has 2 atom stereocenters. The monoisotopic (exact) mass is 372 g/mol. The average molecular weight is 372 g/mol. The van der Waals surface area contributed by atoms with Gasteiger partial charge in [-0.2, -0.15) is 0 Å². The lowest BCUT2D eigenvalue weighted by molar-refractivity contribution is 0.0921. The maximum absolute atomic E-state index is 12.5. The molecule has 138 valence electrons. The van der Waals surface area contributed by atoms with Gasteiger partial charge >= 0.3 is 0 Å². The Bertz CT molecular complexity index is 866. The van der Waals surface area contributed by atoms with E-state index in [9.17, 15) is 13.2 Å². The van der Waals surface area contributed by atoms with Gasteiger partial charge < -0.3 is 5.32 Å². The fraction of sp³-hybridized carbons (Fsp3) is 0.350. The Labute approximate surface area is 154 Å². The van der Waals surface area contributed by atoms with Crippen LogP contribution in [0.2, 0.25) is 0 Å². The number of anilines is 1. The molecule has 2 unspecified atom stereocenters. The Morgan fingerprint density at radius 2 is 1.81 bits per heavy atom. The summed E-state index contributed by atoms with van der Waals surface area (Å²) in [4.78, 5) is 12.7. The molecule has 0 aliphatic heterocycles. The maximum atomic E-state index is 12.5. The van der Waals surface area contributed by atoms with Gasteiger partial charge in [0.15, 0.2) is 0 Å². The second-order valence-corrected chi connectivity index (χ2v) is 8.62. The largest absolute Gasteiger partial charge is 0.349 e. The van der Waals surface area contributed by atoms with Crippen molar-refractivity contribution in [2.75, 3.05) is 4.72 Å². The minimum absolute atomic E-state index is 0.162. The lowest BCUT2D eigenvalue weighted by Crippen LogP contribution is -2.38. The van der Waals surface area contributed by atoms with Crippen molar-refractivity contribution in [2.45, 2.75) is 43.5 Å². The Hall–Kier alpha value is -2.34. The molecule has 0 spiro atoms. The van der Waals surface area contributed by atoms with E-state index in [2.05, 4.69) is 17.0 Å². The van der Waals surface area contributed by atoms with Gasteiger partial charge in [0.05, 0.1) is 4.90 Å². The first-order valence-electron chi connectivity index (χ1n) is 8.93. The minimum atomic E-state index is -3.67. The number of carbonyl (C=O) groups excluding carboxylic acids is 1. The predicted molar refractivity (Wildman–Crippen MR) is 103 cm³/mol. The molecule has 6 heteroatoms. The molecule has 0 bridgehead atoms. The van der Waals surface area contributed by atoms with Gasteiger partial charge in [-0.15, -0.1) is 0 Å². The van der Waals surface area contributed by atoms with Gasteiger partial charge in [-0.3, -0.25) is 9.52 Å². The third-order valence-electron chi connectivity index (χ3n) is 4.70. The van der Waals surface area contributed by atoms with E-state index < -0.39 is 10.0 Å². The van der Waals surface area contributed by atoms with E-state index in [0.717, 1.165) is 19.3 Å². The third-order valence-corrected chi connectivity index (χ3v) is 6.10. The first kappa shape index (κ1) is 18.5. The number of benzene rings is 2. The highest BCUT2D eigenvalue weighted by Crippen LogP contribution is 2.24. The molecule has 2 aromatic rings. The van der Waals surface area contributed by atoms with Crippen LogP contribution < -0.4 is 10.0 Å². The molecule has 3 rings (SSSR count). The fourth-order valence-electron chi connectivity index (χ4n) is 3.37. The van der Waals surface area contributed by atoms with E-state index in [4.69, 9.17) is 0 Å². The van der Waals surface area contributed by atoms with Crippen LogP contribution in [0.25, 0.3) is 0 Å². The standard InChI is InChI=1S/C20H24N2O3S/c1-15-7-5-9-17(13-15)21-20(23)16-8-6-10-18(14-16)22-26(24,25)19-11-3-2-4-12-19/h2-4,6,8,10-12,14-15,17,22H,5,7,9,13H2,1H3,(H,21,23). The van der Waals surface area contributed by atoms with Crippen molar-refractivity contribution >= 4 is 21.6 Å². The summed E-state index contributed by atoms with van der Waals surface area (Å²) < 4.78 is 27.4. The van der Waals surface area contributed by atoms with Crippen molar-refractivity contribution in [3.63, 3.8) is 0 Å². The summed E-state index contributed by atoms with van der Waals surface area (Å²) in [5, 5.41) is 3.07. The van der Waals surface area contributed by atoms with Gasteiger partial charge in [0.1, 0.15) is 0 Å². The van der Waals surface area contributed by atoms with Crippen molar-refractivity contribution in [1.82, 2.24) is 5.32 Å². The van der Waals surface area contributed by atoms with E-state index in [1.165, 1.54) is 18.6 Å². The van der Waals surface area contributed by atoms with Crippen molar-refractivity contribution in [3.05, 3.63) is 60.2 Å². The van der Waals surface area contributed by atoms with Gasteiger partial charge in [-0.25, -0.2) is 8.42 Å². The fourth-order valence-corrected chi connectivity index (χ4v) is 4.44. The molecule has 0 saturated heterocycles. The summed E-state index contributed by atoms with van der Waals surface area (Å²) in [5.41, 5.74) is 0.829. The van der Waals surface area contributed by atoms with Gasteiger partial charge in [0.2, 0.25) is 0 Å². The summed E-state index contributed by atoms with van der Waals surface area (Å²) in [6.45, 7) is 2.21. The van der Waals surface area contributed by atoms with E-state index in [-0.39, 0.29) is 16.8 Å². The Morgan fingerprint density at radius 1 is 1.04 bits per heavy atom. The molecule has 1 aliphatic carbocycles. The summed E-state index contributed by atoms with van der Waals surface area (Å²) in [5.74, 6) is 0.461. The average Bonchev–Trinajstić information content (AvgIpc) is 2.62. The molecule has 1 saturated carbocycles. The second kappa shape index (κ2) is 7.91. The molecule has 0 heterocycles. The summed E-state index contributed by atoms with van der Waals surface area (Å²) >= 11 is 0. The van der Waals surface area contributed by atoms with Gasteiger partial charge in [-0.1, -0.05) is 44.0 Å². The Balaban J connectivity index is 1.71. The van der Waals surface area contributed by atoms with E-state index in [1.54, 1.807) is 42.5 Å². The molecular weight excluding hydrogens is 348 g/mol. The maximum Gasteiger partial charge on any atom is 0.261 e.